The van der Waals surface area contributed by atoms with E-state index < -0.39 is 0 Å². The molecule has 1 aromatic carbocycles. The Morgan fingerprint density at radius 1 is 1.15 bits per heavy atom. The highest BCUT2D eigenvalue weighted by Gasteiger charge is 2.00. The van der Waals surface area contributed by atoms with Crippen LogP contribution in [0.2, 0.25) is 0 Å². The van der Waals surface area contributed by atoms with E-state index in [1.807, 2.05) is 31.2 Å². The molecule has 0 aliphatic rings. The summed E-state index contributed by atoms with van der Waals surface area (Å²) in [6.45, 7) is 1.87. The molecule has 0 radical (unpaired) electrons. The Labute approximate surface area is 76.6 Å². The van der Waals surface area contributed by atoms with Gasteiger partial charge in [-0.2, -0.15) is 0 Å². The van der Waals surface area contributed by atoms with Gasteiger partial charge in [0.05, 0.1) is 16.7 Å². The number of fused-ring (bicyclic) bond motifs is 1. The van der Waals surface area contributed by atoms with E-state index in [0.29, 0.717) is 5.69 Å². The fourth-order valence-electron chi connectivity index (χ4n) is 1.22. The van der Waals surface area contributed by atoms with E-state index in [9.17, 15) is 0 Å². The smallest absolute Gasteiger partial charge is 0.134 e. The molecule has 0 N–H and O–H groups in total. The first-order chi connectivity index (χ1) is 6.31. The van der Waals surface area contributed by atoms with Gasteiger partial charge < -0.3 is 0 Å². The summed E-state index contributed by atoms with van der Waals surface area (Å²) in [5.41, 5.74) is 3.17. The van der Waals surface area contributed by atoms with Gasteiger partial charge in [-0.15, -0.1) is 6.42 Å². The van der Waals surface area contributed by atoms with E-state index in [2.05, 4.69) is 15.9 Å². The van der Waals surface area contributed by atoms with Crippen LogP contribution in [-0.4, -0.2) is 9.97 Å². The molecule has 1 heterocycles. The molecular formula is C11H8N2. The fourth-order valence-corrected chi connectivity index (χ4v) is 1.22. The van der Waals surface area contributed by atoms with E-state index in [1.54, 1.807) is 0 Å². The molecule has 2 rings (SSSR count). The lowest BCUT2D eigenvalue weighted by Crippen LogP contribution is -1.93. The molecule has 2 heteroatoms. The molecular weight excluding hydrogens is 160 g/mol. The number of nitrogens with zero attached hydrogens (tertiary/aromatic N) is 2. The molecule has 2 aromatic rings. The highest BCUT2D eigenvalue weighted by atomic mass is 14.8. The zero-order chi connectivity index (χ0) is 9.26. The maximum Gasteiger partial charge on any atom is 0.134 e. The van der Waals surface area contributed by atoms with Crippen molar-refractivity contribution in [2.24, 2.45) is 0 Å². The number of hydrogen-bond acceptors (Lipinski definition) is 2. The number of rotatable bonds is 0. The average Bonchev–Trinajstić information content (AvgIpc) is 2.17. The normalized spacial score (nSPS) is 9.85. The molecule has 13 heavy (non-hydrogen) atoms. The van der Waals surface area contributed by atoms with E-state index >= 15 is 0 Å². The van der Waals surface area contributed by atoms with Crippen LogP contribution in [0.3, 0.4) is 0 Å². The molecule has 0 bridgehead atoms. The van der Waals surface area contributed by atoms with Crippen molar-refractivity contribution in [3.63, 3.8) is 0 Å². The lowest BCUT2D eigenvalue weighted by molar-refractivity contribution is 1.16. The second kappa shape index (κ2) is 2.87. The first-order valence-electron chi connectivity index (χ1n) is 4.01. The van der Waals surface area contributed by atoms with Crippen LogP contribution in [0.4, 0.5) is 0 Å². The van der Waals surface area contributed by atoms with Crippen LogP contribution in [0.25, 0.3) is 11.0 Å². The summed E-state index contributed by atoms with van der Waals surface area (Å²) in [7, 11) is 0. The Morgan fingerprint density at radius 2 is 1.77 bits per heavy atom. The molecule has 0 atom stereocenters. The van der Waals surface area contributed by atoms with Crippen LogP contribution >= 0.6 is 0 Å². The predicted octanol–water partition coefficient (Wildman–Crippen LogP) is 1.92. The van der Waals surface area contributed by atoms with Gasteiger partial charge in [0, 0.05) is 0 Å². The summed E-state index contributed by atoms with van der Waals surface area (Å²) in [5.74, 6) is 2.51. The lowest BCUT2D eigenvalue weighted by atomic mass is 10.2. The van der Waals surface area contributed by atoms with Crippen molar-refractivity contribution >= 4 is 11.0 Å². The van der Waals surface area contributed by atoms with Crippen molar-refractivity contribution in [2.75, 3.05) is 0 Å². The Kier molecular flexibility index (Phi) is 1.71. The summed E-state index contributed by atoms with van der Waals surface area (Å²) in [6.07, 6.45) is 5.29. The lowest BCUT2D eigenvalue weighted by Gasteiger charge is -1.99. The molecule has 62 valence electrons. The summed E-state index contributed by atoms with van der Waals surface area (Å²) in [5, 5.41) is 0. The van der Waals surface area contributed by atoms with Crippen LogP contribution in [0.5, 0.6) is 0 Å². The van der Waals surface area contributed by atoms with Crippen LogP contribution in [-0.2, 0) is 0 Å². The van der Waals surface area contributed by atoms with Gasteiger partial charge in [-0.25, -0.2) is 9.97 Å². The summed E-state index contributed by atoms with van der Waals surface area (Å²) < 4.78 is 0. The van der Waals surface area contributed by atoms with Crippen LogP contribution in [0.1, 0.15) is 11.4 Å². The van der Waals surface area contributed by atoms with Crippen LogP contribution in [0, 0.1) is 19.3 Å². The Balaban J connectivity index is 2.83. The third kappa shape index (κ3) is 1.25. The minimum atomic E-state index is 0.624. The predicted molar refractivity (Wildman–Crippen MR) is 52.2 cm³/mol. The van der Waals surface area contributed by atoms with E-state index in [-0.39, 0.29) is 0 Å². The first-order valence-corrected chi connectivity index (χ1v) is 4.01. The van der Waals surface area contributed by atoms with Gasteiger partial charge in [0.15, 0.2) is 0 Å². The number of terminal acetylenes is 1. The minimum Gasteiger partial charge on any atom is -0.249 e. The van der Waals surface area contributed by atoms with E-state index in [1.165, 1.54) is 0 Å². The number of hydrogen-bond donors (Lipinski definition) is 0. The number of aromatic nitrogens is 2. The number of aryl methyl sites for hydroxylation is 1. The molecule has 0 spiro atoms. The van der Waals surface area contributed by atoms with Crippen LogP contribution < -0.4 is 0 Å². The highest BCUT2D eigenvalue weighted by Crippen LogP contribution is 2.10. The zero-order valence-electron chi connectivity index (χ0n) is 7.28. The van der Waals surface area contributed by atoms with Gasteiger partial charge >= 0.3 is 0 Å². The molecule has 0 aliphatic heterocycles. The minimum absolute atomic E-state index is 0.624. The van der Waals surface area contributed by atoms with Gasteiger partial charge in [-0.05, 0) is 25.0 Å². The van der Waals surface area contributed by atoms with Crippen molar-refractivity contribution in [1.82, 2.24) is 9.97 Å². The number of benzene rings is 1. The van der Waals surface area contributed by atoms with E-state index in [4.69, 9.17) is 6.42 Å². The Bertz CT molecular complexity index is 495. The first kappa shape index (κ1) is 7.75. The summed E-state index contributed by atoms with van der Waals surface area (Å²) in [4.78, 5) is 8.64. The molecule has 0 aliphatic carbocycles. The maximum absolute atomic E-state index is 5.29. The van der Waals surface area contributed by atoms with Gasteiger partial charge in [0.25, 0.3) is 0 Å². The van der Waals surface area contributed by atoms with Gasteiger partial charge in [0.1, 0.15) is 5.69 Å². The van der Waals surface area contributed by atoms with Gasteiger partial charge in [-0.1, -0.05) is 12.1 Å². The molecule has 0 unspecified atom stereocenters. The van der Waals surface area contributed by atoms with Crippen molar-refractivity contribution < 1.29 is 0 Å². The van der Waals surface area contributed by atoms with Crippen molar-refractivity contribution in [2.45, 2.75) is 6.92 Å². The van der Waals surface area contributed by atoms with Crippen LogP contribution in [0.15, 0.2) is 24.3 Å². The molecule has 0 amide bonds. The SMILES string of the molecule is C#Cc1nc2ccccc2nc1C. The quantitative estimate of drug-likeness (QED) is 0.561. The van der Waals surface area contributed by atoms with Crippen molar-refractivity contribution in [3.05, 3.63) is 35.7 Å². The standard InChI is InChI=1S/C11H8N2/c1-3-9-8(2)12-10-6-4-5-7-11(10)13-9/h1,4-7H,2H3. The largest absolute Gasteiger partial charge is 0.249 e. The number of para-hydroxylation sites is 2. The fraction of sp³-hybridized carbons (Fsp3) is 0.0909. The van der Waals surface area contributed by atoms with Crippen molar-refractivity contribution in [1.29, 1.82) is 0 Å². The summed E-state index contributed by atoms with van der Waals surface area (Å²) >= 11 is 0. The third-order valence-electron chi connectivity index (χ3n) is 1.88. The Hall–Kier alpha value is -1.88. The van der Waals surface area contributed by atoms with Crippen molar-refractivity contribution in [3.8, 4) is 12.3 Å². The average molecular weight is 168 g/mol. The molecule has 0 fully saturated rings. The third-order valence-corrected chi connectivity index (χ3v) is 1.88. The second-order valence-corrected chi connectivity index (χ2v) is 2.79. The van der Waals surface area contributed by atoms with Gasteiger partial charge in [-0.3, -0.25) is 0 Å². The van der Waals surface area contributed by atoms with E-state index in [0.717, 1.165) is 16.7 Å². The molecule has 1 aromatic heterocycles. The Morgan fingerprint density at radius 3 is 2.38 bits per heavy atom. The zero-order valence-corrected chi connectivity index (χ0v) is 7.28. The summed E-state index contributed by atoms with van der Waals surface area (Å²) in [6, 6.07) is 7.69. The molecule has 0 saturated heterocycles. The molecule has 2 nitrogen and oxygen atoms in total. The highest BCUT2D eigenvalue weighted by molar-refractivity contribution is 5.74. The monoisotopic (exact) mass is 168 g/mol. The topological polar surface area (TPSA) is 25.8 Å². The van der Waals surface area contributed by atoms with Gasteiger partial charge in [0.2, 0.25) is 0 Å². The molecule has 0 saturated carbocycles. The maximum atomic E-state index is 5.29. The second-order valence-electron chi connectivity index (χ2n) is 2.79.